The molecule has 0 unspecified atom stereocenters. The van der Waals surface area contributed by atoms with Crippen molar-refractivity contribution < 1.29 is 32.6 Å². The molecule has 3 amide bonds. The Labute approximate surface area is 243 Å². The third kappa shape index (κ3) is 5.96. The Morgan fingerprint density at radius 3 is 2.05 bits per heavy atom. The summed E-state index contributed by atoms with van der Waals surface area (Å²) in [5.74, 6) is -1.67. The lowest BCUT2D eigenvalue weighted by Gasteiger charge is -2.16. The van der Waals surface area contributed by atoms with Crippen LogP contribution in [0.4, 0.5) is 25.8 Å². The molecule has 4 aromatic carbocycles. The maximum Gasteiger partial charge on any atom is 0.283 e. The average Bonchev–Trinajstić information content (AvgIpc) is 3.22. The molecule has 5 rings (SSSR count). The lowest BCUT2D eigenvalue weighted by atomic mass is 10.2. The van der Waals surface area contributed by atoms with Gasteiger partial charge in [-0.1, -0.05) is 11.8 Å². The van der Waals surface area contributed by atoms with Crippen LogP contribution in [0.3, 0.4) is 0 Å². The molecule has 1 aliphatic heterocycles. The van der Waals surface area contributed by atoms with E-state index in [1.807, 2.05) is 0 Å². The van der Waals surface area contributed by atoms with Gasteiger partial charge in [0.25, 0.3) is 17.7 Å². The highest BCUT2D eigenvalue weighted by Crippen LogP contribution is 2.40. The second kappa shape index (κ2) is 12.1. The number of carbonyl (C=O) groups is 3. The average molecular weight is 588 g/mol. The van der Waals surface area contributed by atoms with Gasteiger partial charge in [-0.25, -0.2) is 13.7 Å². The fourth-order valence-electron chi connectivity index (χ4n) is 4.10. The Balaban J connectivity index is 1.43. The van der Waals surface area contributed by atoms with E-state index in [9.17, 15) is 23.2 Å². The van der Waals surface area contributed by atoms with Crippen molar-refractivity contribution >= 4 is 46.5 Å². The first-order chi connectivity index (χ1) is 20.3. The summed E-state index contributed by atoms with van der Waals surface area (Å²) in [6, 6.07) is 21.8. The van der Waals surface area contributed by atoms with E-state index >= 15 is 0 Å². The van der Waals surface area contributed by atoms with Crippen LogP contribution in [0.15, 0.2) is 106 Å². The Morgan fingerprint density at radius 2 is 1.43 bits per heavy atom. The number of nitrogens with one attached hydrogen (secondary N) is 2. The van der Waals surface area contributed by atoms with Gasteiger partial charge in [0.05, 0.1) is 25.6 Å². The van der Waals surface area contributed by atoms with Gasteiger partial charge in [-0.15, -0.1) is 0 Å². The Kier molecular flexibility index (Phi) is 8.21. The van der Waals surface area contributed by atoms with Crippen molar-refractivity contribution in [3.05, 3.63) is 119 Å². The number of methoxy groups -OCH3 is 2. The van der Waals surface area contributed by atoms with Crippen LogP contribution in [0.25, 0.3) is 0 Å². The number of hydrogen-bond donors (Lipinski definition) is 2. The van der Waals surface area contributed by atoms with Crippen LogP contribution >= 0.6 is 11.8 Å². The van der Waals surface area contributed by atoms with E-state index < -0.39 is 29.4 Å². The van der Waals surface area contributed by atoms with E-state index in [4.69, 9.17) is 9.47 Å². The van der Waals surface area contributed by atoms with Crippen LogP contribution < -0.4 is 25.0 Å². The van der Waals surface area contributed by atoms with Gasteiger partial charge < -0.3 is 20.1 Å². The Hall–Kier alpha value is -5.16. The molecule has 11 heteroatoms. The molecule has 8 nitrogen and oxygen atoms in total. The van der Waals surface area contributed by atoms with Gasteiger partial charge in [-0.2, -0.15) is 0 Å². The highest BCUT2D eigenvalue weighted by atomic mass is 32.2. The SMILES string of the molecule is COc1ccc(NC2=C(Sc3ccc(NC(=O)c4ccc(F)cc4)cc3)C(=O)N(c3ccc(F)cc3)C2=O)c(OC)c1. The van der Waals surface area contributed by atoms with E-state index in [2.05, 4.69) is 10.6 Å². The van der Waals surface area contributed by atoms with Crippen LogP contribution in [0.2, 0.25) is 0 Å². The third-order valence-corrected chi connectivity index (χ3v) is 7.32. The minimum Gasteiger partial charge on any atom is -0.497 e. The summed E-state index contributed by atoms with van der Waals surface area (Å²) in [4.78, 5) is 41.4. The number of benzene rings is 4. The maximum absolute atomic E-state index is 13.6. The van der Waals surface area contributed by atoms with Crippen LogP contribution in [0, 0.1) is 11.6 Å². The highest BCUT2D eigenvalue weighted by Gasteiger charge is 2.40. The summed E-state index contributed by atoms with van der Waals surface area (Å²) in [5, 5.41) is 5.77. The predicted molar refractivity (Wildman–Crippen MR) is 156 cm³/mol. The van der Waals surface area contributed by atoms with Crippen LogP contribution in [0.1, 0.15) is 10.4 Å². The number of anilines is 3. The molecule has 2 N–H and O–H groups in total. The molecule has 0 aromatic heterocycles. The number of nitrogens with zero attached hydrogens (tertiary/aromatic N) is 1. The number of thioether (sulfide) groups is 1. The summed E-state index contributed by atoms with van der Waals surface area (Å²) < 4.78 is 37.5. The number of rotatable bonds is 9. The smallest absolute Gasteiger partial charge is 0.283 e. The molecule has 4 aromatic rings. The fourth-order valence-corrected chi connectivity index (χ4v) is 5.03. The summed E-state index contributed by atoms with van der Waals surface area (Å²) >= 11 is 1.05. The standard InChI is InChI=1S/C31H23F2N3O5S/c1-40-23-13-16-25(26(17-23)41-2)35-27-28(31(39)36(30(27)38)22-11-7-20(33)8-12-22)42-24-14-9-21(10-15-24)34-29(37)18-3-5-19(32)6-4-18/h3-17,35H,1-2H3,(H,34,37). The highest BCUT2D eigenvalue weighted by molar-refractivity contribution is 8.04. The molecular weight excluding hydrogens is 564 g/mol. The summed E-state index contributed by atoms with van der Waals surface area (Å²) in [6.45, 7) is 0. The van der Waals surface area contributed by atoms with Crippen molar-refractivity contribution in [3.8, 4) is 11.5 Å². The van der Waals surface area contributed by atoms with Crippen molar-refractivity contribution in [1.82, 2.24) is 0 Å². The number of carbonyl (C=O) groups excluding carboxylic acids is 3. The van der Waals surface area contributed by atoms with Crippen molar-refractivity contribution in [2.45, 2.75) is 4.90 Å². The molecule has 42 heavy (non-hydrogen) atoms. The molecule has 1 heterocycles. The van der Waals surface area contributed by atoms with Gasteiger partial charge in [0.2, 0.25) is 0 Å². The largest absolute Gasteiger partial charge is 0.497 e. The normalized spacial score (nSPS) is 12.9. The number of amides is 3. The molecular formula is C31H23F2N3O5S. The van der Waals surface area contributed by atoms with Gasteiger partial charge in [-0.3, -0.25) is 14.4 Å². The van der Waals surface area contributed by atoms with E-state index in [-0.39, 0.29) is 16.3 Å². The quantitative estimate of drug-likeness (QED) is 0.224. The molecule has 0 aliphatic carbocycles. The van der Waals surface area contributed by atoms with Crippen LogP contribution in [0.5, 0.6) is 11.5 Å². The number of imide groups is 1. The summed E-state index contributed by atoms with van der Waals surface area (Å²) in [6.07, 6.45) is 0. The first-order valence-corrected chi connectivity index (χ1v) is 13.3. The second-order valence-electron chi connectivity index (χ2n) is 8.90. The molecule has 212 valence electrons. The zero-order valence-electron chi connectivity index (χ0n) is 22.3. The Bertz CT molecular complexity index is 1690. The van der Waals surface area contributed by atoms with E-state index in [0.29, 0.717) is 33.3 Å². The molecule has 0 radical (unpaired) electrons. The van der Waals surface area contributed by atoms with Crippen molar-refractivity contribution in [2.75, 3.05) is 29.8 Å². The molecule has 0 fully saturated rings. The van der Waals surface area contributed by atoms with Gasteiger partial charge >= 0.3 is 0 Å². The summed E-state index contributed by atoms with van der Waals surface area (Å²) in [7, 11) is 2.98. The van der Waals surface area contributed by atoms with E-state index in [1.54, 1.807) is 42.5 Å². The molecule has 0 saturated carbocycles. The van der Waals surface area contributed by atoms with Crippen LogP contribution in [-0.4, -0.2) is 31.9 Å². The molecule has 0 atom stereocenters. The second-order valence-corrected chi connectivity index (χ2v) is 9.99. The fraction of sp³-hybridized carbons (Fsp3) is 0.0645. The predicted octanol–water partition coefficient (Wildman–Crippen LogP) is 6.22. The minimum absolute atomic E-state index is 0.00600. The zero-order chi connectivity index (χ0) is 29.8. The third-order valence-electron chi connectivity index (χ3n) is 6.23. The summed E-state index contributed by atoms with van der Waals surface area (Å²) in [5.41, 5.74) is 1.41. The first kappa shape index (κ1) is 28.4. The number of halogens is 2. The zero-order valence-corrected chi connectivity index (χ0v) is 23.1. The Morgan fingerprint density at radius 1 is 0.786 bits per heavy atom. The maximum atomic E-state index is 13.6. The van der Waals surface area contributed by atoms with Crippen molar-refractivity contribution in [3.63, 3.8) is 0 Å². The van der Waals surface area contributed by atoms with Crippen molar-refractivity contribution in [1.29, 1.82) is 0 Å². The lowest BCUT2D eigenvalue weighted by molar-refractivity contribution is -0.120. The molecule has 0 saturated heterocycles. The lowest BCUT2D eigenvalue weighted by Crippen LogP contribution is -2.32. The van der Waals surface area contributed by atoms with Gasteiger partial charge in [0.1, 0.15) is 33.7 Å². The minimum atomic E-state index is -0.629. The van der Waals surface area contributed by atoms with Gasteiger partial charge in [-0.05, 0) is 84.9 Å². The van der Waals surface area contributed by atoms with Crippen molar-refractivity contribution in [2.24, 2.45) is 0 Å². The monoisotopic (exact) mass is 587 g/mol. The molecule has 0 bridgehead atoms. The molecule has 0 spiro atoms. The van der Waals surface area contributed by atoms with E-state index in [0.717, 1.165) is 16.7 Å². The van der Waals surface area contributed by atoms with Gasteiger partial charge in [0, 0.05) is 22.2 Å². The van der Waals surface area contributed by atoms with Crippen LogP contribution in [-0.2, 0) is 9.59 Å². The number of hydrogen-bond acceptors (Lipinski definition) is 7. The van der Waals surface area contributed by atoms with Gasteiger partial charge in [0.15, 0.2) is 0 Å². The molecule has 1 aliphatic rings. The first-order valence-electron chi connectivity index (χ1n) is 12.5. The number of ether oxygens (including phenoxy) is 2. The topological polar surface area (TPSA) is 97.0 Å². The van der Waals surface area contributed by atoms with E-state index in [1.165, 1.54) is 62.8 Å².